The van der Waals surface area contributed by atoms with Crippen molar-refractivity contribution in [2.24, 2.45) is 4.99 Å². The molecule has 2 aliphatic rings. The molecule has 1 aromatic rings. The Morgan fingerprint density at radius 1 is 1.29 bits per heavy atom. The summed E-state index contributed by atoms with van der Waals surface area (Å²) in [6.07, 6.45) is 3.69. The summed E-state index contributed by atoms with van der Waals surface area (Å²) in [7, 11) is 0. The van der Waals surface area contributed by atoms with Crippen LogP contribution >= 0.6 is 0 Å². The smallest absolute Gasteiger partial charge is 0.270 e. The average molecular weight is 295 g/mol. The molecule has 1 aromatic carbocycles. The highest BCUT2D eigenvalue weighted by Gasteiger charge is 2.44. The lowest BCUT2D eigenvalue weighted by atomic mass is 9.71. The minimum Gasteiger partial charge on any atom is -0.486 e. The van der Waals surface area contributed by atoms with Crippen molar-refractivity contribution in [2.75, 3.05) is 13.2 Å². The highest BCUT2D eigenvalue weighted by molar-refractivity contribution is 5.56. The maximum atomic E-state index is 13.7. The van der Waals surface area contributed by atoms with Gasteiger partial charge in [0.25, 0.3) is 5.92 Å². The van der Waals surface area contributed by atoms with Crippen molar-refractivity contribution < 1.29 is 23.0 Å². The number of hydrogen-bond donors (Lipinski definition) is 0. The maximum Gasteiger partial charge on any atom is 0.270 e. The summed E-state index contributed by atoms with van der Waals surface area (Å²) in [6.45, 7) is 1.50. The second kappa shape index (κ2) is 4.81. The SMILES string of the molecule is CC(F)(F)c1cc2c(c(C3(N=C=O)CCC3)c1)OCCO2. The van der Waals surface area contributed by atoms with Gasteiger partial charge in [0.05, 0.1) is 0 Å². The van der Waals surface area contributed by atoms with Crippen LogP contribution in [-0.4, -0.2) is 19.3 Å². The van der Waals surface area contributed by atoms with Crippen molar-refractivity contribution in [1.29, 1.82) is 0 Å². The van der Waals surface area contributed by atoms with Gasteiger partial charge in [-0.1, -0.05) is 0 Å². The standard InChI is InChI=1S/C15H15F2NO3/c1-14(16,17)10-7-11(15(18-9-19)3-2-4-15)13-12(8-10)20-5-6-21-13/h7-8H,2-6H2,1H3. The van der Waals surface area contributed by atoms with Gasteiger partial charge in [0, 0.05) is 18.1 Å². The van der Waals surface area contributed by atoms with E-state index in [1.54, 1.807) is 6.08 Å². The fourth-order valence-electron chi connectivity index (χ4n) is 2.79. The molecule has 0 amide bonds. The lowest BCUT2D eigenvalue weighted by Gasteiger charge is -2.39. The van der Waals surface area contributed by atoms with E-state index in [1.165, 1.54) is 12.1 Å². The molecule has 0 spiro atoms. The lowest BCUT2D eigenvalue weighted by molar-refractivity contribution is 0.0166. The fourth-order valence-corrected chi connectivity index (χ4v) is 2.79. The number of isocyanates is 1. The van der Waals surface area contributed by atoms with Crippen LogP contribution in [0, 0.1) is 0 Å². The first kappa shape index (κ1) is 14.0. The van der Waals surface area contributed by atoms with Gasteiger partial charge < -0.3 is 9.47 Å². The number of fused-ring (bicyclic) bond motifs is 1. The van der Waals surface area contributed by atoms with E-state index in [-0.39, 0.29) is 5.56 Å². The number of ether oxygens (including phenoxy) is 2. The molecule has 0 aromatic heterocycles. The molecular formula is C15H15F2NO3. The molecule has 0 unspecified atom stereocenters. The molecule has 0 bridgehead atoms. The Balaban J connectivity index is 2.20. The number of aliphatic imine (C=N–C) groups is 1. The molecule has 3 rings (SSSR count). The molecule has 0 N–H and O–H groups in total. The Kier molecular flexibility index (Phi) is 3.21. The average Bonchev–Trinajstić information content (AvgIpc) is 2.41. The van der Waals surface area contributed by atoms with Crippen LogP contribution in [0.3, 0.4) is 0 Å². The third-order valence-corrected chi connectivity index (χ3v) is 4.09. The van der Waals surface area contributed by atoms with Gasteiger partial charge in [-0.3, -0.25) is 0 Å². The Labute approximate surface area is 120 Å². The van der Waals surface area contributed by atoms with Crippen LogP contribution in [0.15, 0.2) is 17.1 Å². The van der Waals surface area contributed by atoms with Crippen LogP contribution in [0.25, 0.3) is 0 Å². The molecule has 1 fully saturated rings. The second-order valence-corrected chi connectivity index (χ2v) is 5.52. The fraction of sp³-hybridized carbons (Fsp3) is 0.533. The van der Waals surface area contributed by atoms with Gasteiger partial charge in [0.1, 0.15) is 18.8 Å². The summed E-state index contributed by atoms with van der Waals surface area (Å²) in [5, 5.41) is 0. The number of rotatable bonds is 3. The van der Waals surface area contributed by atoms with Gasteiger partial charge in [0.15, 0.2) is 11.5 Å². The van der Waals surface area contributed by atoms with Crippen LogP contribution in [0.2, 0.25) is 0 Å². The number of halogens is 2. The molecule has 0 radical (unpaired) electrons. The summed E-state index contributed by atoms with van der Waals surface area (Å²) < 4.78 is 38.4. The van der Waals surface area contributed by atoms with Crippen LogP contribution in [0.4, 0.5) is 8.78 Å². The lowest BCUT2D eigenvalue weighted by Crippen LogP contribution is -2.34. The van der Waals surface area contributed by atoms with Gasteiger partial charge in [-0.05, 0) is 31.4 Å². The van der Waals surface area contributed by atoms with Crippen molar-refractivity contribution in [1.82, 2.24) is 0 Å². The molecule has 4 nitrogen and oxygen atoms in total. The Hall–Kier alpha value is -1.94. The van der Waals surface area contributed by atoms with E-state index in [9.17, 15) is 13.6 Å². The molecule has 0 saturated heterocycles. The van der Waals surface area contributed by atoms with Gasteiger partial charge >= 0.3 is 0 Å². The number of hydrogen-bond acceptors (Lipinski definition) is 4. The third kappa shape index (κ3) is 2.29. The van der Waals surface area contributed by atoms with Gasteiger partial charge in [-0.25, -0.2) is 13.6 Å². The summed E-state index contributed by atoms with van der Waals surface area (Å²) >= 11 is 0. The topological polar surface area (TPSA) is 47.9 Å². The van der Waals surface area contributed by atoms with E-state index < -0.39 is 11.5 Å². The maximum absolute atomic E-state index is 13.7. The number of alkyl halides is 2. The zero-order valence-corrected chi connectivity index (χ0v) is 11.6. The second-order valence-electron chi connectivity index (χ2n) is 5.52. The molecule has 0 atom stereocenters. The highest BCUT2D eigenvalue weighted by atomic mass is 19.3. The van der Waals surface area contributed by atoms with Crippen molar-refractivity contribution >= 4 is 6.08 Å². The van der Waals surface area contributed by atoms with Gasteiger partial charge in [-0.15, -0.1) is 0 Å². The third-order valence-electron chi connectivity index (χ3n) is 4.09. The van der Waals surface area contributed by atoms with E-state index >= 15 is 0 Å². The zero-order chi connectivity index (χ0) is 15.1. The summed E-state index contributed by atoms with van der Waals surface area (Å²) in [6, 6.07) is 2.68. The molecule has 21 heavy (non-hydrogen) atoms. The first-order valence-electron chi connectivity index (χ1n) is 6.88. The van der Waals surface area contributed by atoms with E-state index in [1.807, 2.05) is 0 Å². The van der Waals surface area contributed by atoms with Crippen molar-refractivity contribution in [3.8, 4) is 11.5 Å². The molecule has 1 aliphatic heterocycles. The first-order valence-corrected chi connectivity index (χ1v) is 6.88. The summed E-state index contributed by atoms with van der Waals surface area (Å²) in [5.74, 6) is -2.28. The molecule has 1 aliphatic carbocycles. The van der Waals surface area contributed by atoms with Crippen LogP contribution in [0.5, 0.6) is 11.5 Å². The molecule has 1 heterocycles. The summed E-state index contributed by atoms with van der Waals surface area (Å²) in [4.78, 5) is 14.6. The highest BCUT2D eigenvalue weighted by Crippen LogP contribution is 2.52. The van der Waals surface area contributed by atoms with E-state index in [2.05, 4.69) is 4.99 Å². The zero-order valence-electron chi connectivity index (χ0n) is 11.6. The van der Waals surface area contributed by atoms with Gasteiger partial charge in [-0.2, -0.15) is 4.99 Å². The van der Waals surface area contributed by atoms with Crippen LogP contribution in [-0.2, 0) is 16.3 Å². The normalized spacial score (nSPS) is 19.4. The summed E-state index contributed by atoms with van der Waals surface area (Å²) in [5.41, 5.74) is -0.451. The largest absolute Gasteiger partial charge is 0.486 e. The van der Waals surface area contributed by atoms with Crippen LogP contribution in [0.1, 0.15) is 37.3 Å². The van der Waals surface area contributed by atoms with Crippen molar-refractivity contribution in [3.63, 3.8) is 0 Å². The number of benzene rings is 1. The molecular weight excluding hydrogens is 280 g/mol. The van der Waals surface area contributed by atoms with E-state index in [0.717, 1.165) is 13.3 Å². The van der Waals surface area contributed by atoms with Crippen molar-refractivity contribution in [3.05, 3.63) is 23.3 Å². The Bertz CT molecular complexity index is 614. The number of nitrogens with zero attached hydrogens (tertiary/aromatic N) is 1. The first-order chi connectivity index (χ1) is 9.96. The monoisotopic (exact) mass is 295 g/mol. The Morgan fingerprint density at radius 2 is 2.00 bits per heavy atom. The minimum atomic E-state index is -3.00. The number of carbonyl (C=O) groups excluding carboxylic acids is 1. The van der Waals surface area contributed by atoms with E-state index in [0.29, 0.717) is 43.1 Å². The molecule has 112 valence electrons. The van der Waals surface area contributed by atoms with Gasteiger partial charge in [0.2, 0.25) is 6.08 Å². The quantitative estimate of drug-likeness (QED) is 0.635. The van der Waals surface area contributed by atoms with Crippen molar-refractivity contribution in [2.45, 2.75) is 37.6 Å². The Morgan fingerprint density at radius 3 is 2.57 bits per heavy atom. The van der Waals surface area contributed by atoms with E-state index in [4.69, 9.17) is 9.47 Å². The molecule has 1 saturated carbocycles. The predicted molar refractivity (Wildman–Crippen MR) is 70.7 cm³/mol. The van der Waals surface area contributed by atoms with Crippen LogP contribution < -0.4 is 9.47 Å². The molecule has 6 heteroatoms. The minimum absolute atomic E-state index is 0.158. The predicted octanol–water partition coefficient (Wildman–Crippen LogP) is 3.28.